The van der Waals surface area contributed by atoms with E-state index >= 15 is 0 Å². The number of fused-ring (bicyclic) bond motifs is 1. The van der Waals surface area contributed by atoms with Crippen LogP contribution in [0.1, 0.15) is 17.0 Å². The van der Waals surface area contributed by atoms with Crippen molar-refractivity contribution in [1.29, 1.82) is 0 Å². The van der Waals surface area contributed by atoms with Gasteiger partial charge in [-0.05, 0) is 6.07 Å². The van der Waals surface area contributed by atoms with Gasteiger partial charge >= 0.3 is 5.97 Å². The zero-order chi connectivity index (χ0) is 17.3. The monoisotopic (exact) mass is 326 g/mol. The Hall–Kier alpha value is -2.95. The Labute approximate surface area is 140 Å². The van der Waals surface area contributed by atoms with Crippen molar-refractivity contribution >= 4 is 5.97 Å². The van der Waals surface area contributed by atoms with E-state index in [2.05, 4.69) is 6.58 Å². The maximum atomic E-state index is 12.3. The molecule has 1 unspecified atom stereocenters. The molecule has 0 saturated carbocycles. The van der Waals surface area contributed by atoms with Crippen LogP contribution < -0.4 is 18.9 Å². The smallest absolute Gasteiger partial charge is 0.339 e. The number of para-hydroxylation sites is 1. The number of hydrogen-bond acceptors (Lipinski definition) is 5. The van der Waals surface area contributed by atoms with E-state index < -0.39 is 11.9 Å². The Kier molecular flexibility index (Phi) is 4.16. The van der Waals surface area contributed by atoms with Gasteiger partial charge in [0, 0.05) is 28.8 Å². The van der Waals surface area contributed by atoms with Gasteiger partial charge < -0.3 is 18.9 Å². The van der Waals surface area contributed by atoms with Crippen molar-refractivity contribution in [3.63, 3.8) is 0 Å². The molecule has 0 radical (unpaired) electrons. The minimum absolute atomic E-state index is 0.329. The van der Waals surface area contributed by atoms with Crippen molar-refractivity contribution in [3.05, 3.63) is 59.7 Å². The summed E-state index contributed by atoms with van der Waals surface area (Å²) in [4.78, 5) is 12.3. The number of carbonyl (C=O) groups is 1. The first-order valence-corrected chi connectivity index (χ1v) is 7.40. The fourth-order valence-corrected chi connectivity index (χ4v) is 2.94. The largest absolute Gasteiger partial charge is 0.496 e. The molecule has 0 N–H and O–H groups in total. The van der Waals surface area contributed by atoms with Gasteiger partial charge in [-0.2, -0.15) is 0 Å². The highest BCUT2D eigenvalue weighted by atomic mass is 16.5. The van der Waals surface area contributed by atoms with Crippen molar-refractivity contribution in [2.24, 2.45) is 0 Å². The van der Waals surface area contributed by atoms with Gasteiger partial charge in [0.1, 0.15) is 23.0 Å². The molecule has 0 saturated heterocycles. The van der Waals surface area contributed by atoms with Crippen LogP contribution in [0, 0.1) is 0 Å². The fraction of sp³-hybridized carbons (Fsp3) is 0.211. The summed E-state index contributed by atoms with van der Waals surface area (Å²) in [5.41, 5.74) is 1.88. The third-order valence-corrected chi connectivity index (χ3v) is 4.09. The molecule has 0 amide bonds. The molecule has 5 nitrogen and oxygen atoms in total. The molecule has 1 heterocycles. The Morgan fingerprint density at radius 1 is 1.00 bits per heavy atom. The number of hydrogen-bond donors (Lipinski definition) is 0. The highest BCUT2D eigenvalue weighted by molar-refractivity contribution is 5.95. The van der Waals surface area contributed by atoms with Crippen LogP contribution in [0.25, 0.3) is 0 Å². The quantitative estimate of drug-likeness (QED) is 0.490. The normalized spacial score (nSPS) is 16.2. The van der Waals surface area contributed by atoms with Gasteiger partial charge in [-0.25, -0.2) is 4.79 Å². The van der Waals surface area contributed by atoms with Gasteiger partial charge in [-0.3, -0.25) is 0 Å². The number of rotatable bonds is 4. The second-order valence-corrected chi connectivity index (χ2v) is 5.33. The second-order valence-electron chi connectivity index (χ2n) is 5.33. The van der Waals surface area contributed by atoms with Crippen molar-refractivity contribution < 1.29 is 23.7 Å². The SMILES string of the molecule is C=C1C(=O)Oc2cc(OC)cc(OC)c2C1c1ccccc1OC. The predicted molar refractivity (Wildman–Crippen MR) is 89.2 cm³/mol. The summed E-state index contributed by atoms with van der Waals surface area (Å²) in [5, 5.41) is 0. The molecule has 0 aromatic heterocycles. The third-order valence-electron chi connectivity index (χ3n) is 4.09. The number of carbonyl (C=O) groups excluding carboxylic acids is 1. The first-order valence-electron chi connectivity index (χ1n) is 7.40. The summed E-state index contributed by atoms with van der Waals surface area (Å²) in [6, 6.07) is 10.9. The maximum absolute atomic E-state index is 12.3. The second kappa shape index (κ2) is 6.28. The average molecular weight is 326 g/mol. The zero-order valence-electron chi connectivity index (χ0n) is 13.8. The first-order chi connectivity index (χ1) is 11.6. The number of esters is 1. The van der Waals surface area contributed by atoms with Gasteiger partial charge in [0.2, 0.25) is 0 Å². The van der Waals surface area contributed by atoms with Gasteiger partial charge in [0.15, 0.2) is 0 Å². The summed E-state index contributed by atoms with van der Waals surface area (Å²) in [7, 11) is 4.70. The Bertz CT molecular complexity index is 809. The van der Waals surface area contributed by atoms with Crippen LogP contribution in [0.2, 0.25) is 0 Å². The molecule has 0 spiro atoms. The maximum Gasteiger partial charge on any atom is 0.339 e. The molecular weight excluding hydrogens is 308 g/mol. The van der Waals surface area contributed by atoms with Gasteiger partial charge in [0.05, 0.1) is 27.2 Å². The Balaban J connectivity index is 2.28. The molecule has 0 aliphatic carbocycles. The van der Waals surface area contributed by atoms with Crippen LogP contribution in [0.4, 0.5) is 0 Å². The minimum Gasteiger partial charge on any atom is -0.496 e. The molecule has 3 rings (SSSR count). The predicted octanol–water partition coefficient (Wildman–Crippen LogP) is 3.32. The van der Waals surface area contributed by atoms with Gasteiger partial charge in [0.25, 0.3) is 0 Å². The molecule has 24 heavy (non-hydrogen) atoms. The first kappa shape index (κ1) is 15.9. The topological polar surface area (TPSA) is 54.0 Å². The standard InChI is InChI=1S/C19H18O5/c1-11-17(13-7-5-6-8-14(13)22-3)18-15(23-4)9-12(21-2)10-16(18)24-19(11)20/h5-10,17H,1H2,2-4H3. The molecule has 5 heteroatoms. The lowest BCUT2D eigenvalue weighted by Crippen LogP contribution is -2.24. The van der Waals surface area contributed by atoms with E-state index in [1.165, 1.54) is 0 Å². The van der Waals surface area contributed by atoms with Gasteiger partial charge in [-0.1, -0.05) is 24.8 Å². The summed E-state index contributed by atoms with van der Waals surface area (Å²) in [5.74, 6) is 1.28. The van der Waals surface area contributed by atoms with Crippen molar-refractivity contribution in [2.75, 3.05) is 21.3 Å². The summed E-state index contributed by atoms with van der Waals surface area (Å²) < 4.78 is 21.6. The molecule has 2 aromatic rings. The number of ether oxygens (including phenoxy) is 4. The minimum atomic E-state index is -0.478. The molecule has 0 fully saturated rings. The molecule has 0 bridgehead atoms. The molecular formula is C19H18O5. The van der Waals surface area contributed by atoms with Crippen LogP contribution in [0.3, 0.4) is 0 Å². The highest BCUT2D eigenvalue weighted by Gasteiger charge is 2.37. The number of benzene rings is 2. The lowest BCUT2D eigenvalue weighted by Gasteiger charge is -2.29. The van der Waals surface area contributed by atoms with Crippen LogP contribution in [0.5, 0.6) is 23.0 Å². The van der Waals surface area contributed by atoms with E-state index in [4.69, 9.17) is 18.9 Å². The summed E-state index contributed by atoms with van der Waals surface area (Å²) >= 11 is 0. The van der Waals surface area contributed by atoms with Crippen LogP contribution >= 0.6 is 0 Å². The van der Waals surface area contributed by atoms with Crippen LogP contribution in [-0.4, -0.2) is 27.3 Å². The Morgan fingerprint density at radius 2 is 1.71 bits per heavy atom. The van der Waals surface area contributed by atoms with E-state index in [-0.39, 0.29) is 0 Å². The van der Waals surface area contributed by atoms with E-state index in [0.29, 0.717) is 28.6 Å². The van der Waals surface area contributed by atoms with Crippen molar-refractivity contribution in [3.8, 4) is 23.0 Å². The highest BCUT2D eigenvalue weighted by Crippen LogP contribution is 2.49. The van der Waals surface area contributed by atoms with Crippen molar-refractivity contribution in [1.82, 2.24) is 0 Å². The van der Waals surface area contributed by atoms with E-state index in [1.807, 2.05) is 24.3 Å². The third kappa shape index (κ3) is 2.48. The van der Waals surface area contributed by atoms with E-state index in [9.17, 15) is 4.79 Å². The fourth-order valence-electron chi connectivity index (χ4n) is 2.94. The van der Waals surface area contributed by atoms with Gasteiger partial charge in [-0.15, -0.1) is 0 Å². The molecule has 124 valence electrons. The molecule has 1 aliphatic rings. The summed E-state index contributed by atoms with van der Waals surface area (Å²) in [6.45, 7) is 3.93. The lowest BCUT2D eigenvalue weighted by atomic mass is 9.82. The Morgan fingerprint density at radius 3 is 2.38 bits per heavy atom. The van der Waals surface area contributed by atoms with Crippen LogP contribution in [0.15, 0.2) is 48.6 Å². The lowest BCUT2D eigenvalue weighted by molar-refractivity contribution is -0.131. The molecule has 1 aliphatic heterocycles. The van der Waals surface area contributed by atoms with Crippen molar-refractivity contribution in [2.45, 2.75) is 5.92 Å². The van der Waals surface area contributed by atoms with Crippen LogP contribution in [-0.2, 0) is 4.79 Å². The summed E-state index contributed by atoms with van der Waals surface area (Å²) in [6.07, 6.45) is 0. The average Bonchev–Trinajstić information content (AvgIpc) is 2.62. The molecule has 1 atom stereocenters. The van der Waals surface area contributed by atoms with E-state index in [1.54, 1.807) is 33.5 Å². The molecule has 2 aromatic carbocycles. The number of methoxy groups -OCH3 is 3. The zero-order valence-corrected chi connectivity index (χ0v) is 13.8. The van der Waals surface area contributed by atoms with E-state index in [0.717, 1.165) is 11.1 Å².